The molecular weight excluding hydrogens is 346 g/mol. The second-order valence-corrected chi connectivity index (χ2v) is 7.49. The van der Waals surface area contributed by atoms with Crippen LogP contribution in [0.4, 0.5) is 0 Å². The molecule has 1 fully saturated rings. The molecule has 0 radical (unpaired) electrons. The van der Waals surface area contributed by atoms with Crippen molar-refractivity contribution in [2.75, 3.05) is 33.7 Å². The highest BCUT2D eigenvalue weighted by Gasteiger charge is 2.14. The van der Waals surface area contributed by atoms with Crippen LogP contribution in [0.3, 0.4) is 0 Å². The number of nitrogens with zero attached hydrogens (tertiary/aromatic N) is 2. The molecule has 0 aromatic heterocycles. The number of hydrogen-bond donors (Lipinski definition) is 2. The van der Waals surface area contributed by atoms with Crippen LogP contribution in [0.1, 0.15) is 53.9 Å². The normalized spacial score (nSPS) is 15.5. The summed E-state index contributed by atoms with van der Waals surface area (Å²) in [6.45, 7) is 12.2. The van der Waals surface area contributed by atoms with Gasteiger partial charge in [-0.3, -0.25) is 9.59 Å². The van der Waals surface area contributed by atoms with E-state index in [1.807, 2.05) is 0 Å². The van der Waals surface area contributed by atoms with Gasteiger partial charge in [0.25, 0.3) is 0 Å². The van der Waals surface area contributed by atoms with Crippen molar-refractivity contribution in [1.82, 2.24) is 15.1 Å². The van der Waals surface area contributed by atoms with Gasteiger partial charge in [0.1, 0.15) is 0 Å². The molecule has 1 aliphatic heterocycles. The number of aliphatic carboxylic acids is 1. The summed E-state index contributed by atoms with van der Waals surface area (Å²) in [5.41, 5.74) is 0.176. The fourth-order valence-electron chi connectivity index (χ4n) is 2.08. The number of carboxylic acid groups (broad SMARTS) is 1. The minimum Gasteiger partial charge on any atom is -0.478 e. The van der Waals surface area contributed by atoms with Crippen LogP contribution in [-0.4, -0.2) is 73.0 Å². The summed E-state index contributed by atoms with van der Waals surface area (Å²) >= 11 is 0. The molecule has 2 N–H and O–H groups in total. The number of amides is 2. The monoisotopic (exact) mass is 385 g/mol. The molecule has 0 bridgehead atoms. The smallest absolute Gasteiger partial charge is 0.331 e. The molecule has 0 saturated carbocycles. The van der Waals surface area contributed by atoms with Gasteiger partial charge in [0.15, 0.2) is 0 Å². The minimum atomic E-state index is -1.02. The average molecular weight is 386 g/mol. The van der Waals surface area contributed by atoms with Gasteiger partial charge < -0.3 is 20.2 Å². The molecule has 1 rings (SSSR count). The number of piperidine rings is 1. The molecule has 1 heterocycles. The van der Waals surface area contributed by atoms with Crippen LogP contribution in [0.25, 0.3) is 0 Å². The van der Waals surface area contributed by atoms with Gasteiger partial charge in [-0.25, -0.2) is 4.79 Å². The third-order valence-corrected chi connectivity index (χ3v) is 3.75. The first-order valence-corrected chi connectivity index (χ1v) is 9.55. The van der Waals surface area contributed by atoms with Crippen molar-refractivity contribution in [2.24, 2.45) is 5.92 Å². The van der Waals surface area contributed by atoms with Gasteiger partial charge in [-0.05, 0) is 52.7 Å². The lowest BCUT2D eigenvalue weighted by Gasteiger charge is -2.22. The summed E-state index contributed by atoms with van der Waals surface area (Å²) in [4.78, 5) is 35.7. The van der Waals surface area contributed by atoms with Crippen molar-refractivity contribution in [3.8, 4) is 0 Å². The number of rotatable bonds is 6. The maximum atomic E-state index is 11.4. The Balaban J connectivity index is 0. The Bertz CT molecular complexity index is 455. The number of likely N-dealkylation sites (tertiary alicyclic amines) is 1. The van der Waals surface area contributed by atoms with Gasteiger partial charge in [-0.15, -0.1) is 0 Å². The van der Waals surface area contributed by atoms with Crippen LogP contribution in [0.5, 0.6) is 0 Å². The van der Waals surface area contributed by atoms with Crippen LogP contribution in [-0.2, 0) is 14.4 Å². The number of likely N-dealkylation sites (N-methyl/N-ethyl adjacent to an activating group) is 1. The zero-order chi connectivity index (χ0) is 21.4. The molecule has 0 aliphatic carbocycles. The zero-order valence-electron chi connectivity index (χ0n) is 18.1. The standard InChI is InChI=1S/C10H16N2O4.C6H13N.C4H10/c1-7(10(15)16)4-8(2)12(3)9(14)5-11-6-13;1-7-5-3-2-4-6-7;1-4(2)3/h4,6,8H,5H2,1-3H3,(H,11,13)(H,15,16);2-6H2,1H3;4H,1-3H3/b7-4+;;/t8-;;/m0../s1. The maximum absolute atomic E-state index is 11.4. The number of carboxylic acids is 1. The highest BCUT2D eigenvalue weighted by molar-refractivity contribution is 5.86. The van der Waals surface area contributed by atoms with Crippen molar-refractivity contribution >= 4 is 18.3 Å². The van der Waals surface area contributed by atoms with Gasteiger partial charge in [-0.1, -0.05) is 33.3 Å². The SMILES string of the molecule is C/C(=C\[C@H](C)N(C)C(=O)CNC=O)C(=O)O.CC(C)C.CN1CCCCC1. The lowest BCUT2D eigenvalue weighted by atomic mass is 10.1. The molecule has 0 aromatic carbocycles. The van der Waals surface area contributed by atoms with E-state index in [0.717, 1.165) is 5.92 Å². The molecule has 0 spiro atoms. The molecule has 158 valence electrons. The first-order chi connectivity index (χ1) is 12.5. The van der Waals surface area contributed by atoms with Crippen molar-refractivity contribution in [2.45, 2.75) is 59.9 Å². The van der Waals surface area contributed by atoms with E-state index in [2.05, 4.69) is 38.0 Å². The second kappa shape index (κ2) is 16.3. The topological polar surface area (TPSA) is 90.0 Å². The van der Waals surface area contributed by atoms with Gasteiger partial charge in [0.2, 0.25) is 12.3 Å². The predicted octanol–water partition coefficient (Wildman–Crippen LogP) is 2.37. The zero-order valence-corrected chi connectivity index (χ0v) is 18.1. The van der Waals surface area contributed by atoms with E-state index in [9.17, 15) is 14.4 Å². The molecule has 7 heteroatoms. The fraction of sp³-hybridized carbons (Fsp3) is 0.750. The highest BCUT2D eigenvalue weighted by atomic mass is 16.4. The summed E-state index contributed by atoms with van der Waals surface area (Å²) < 4.78 is 0. The molecule has 1 aliphatic rings. The van der Waals surface area contributed by atoms with Crippen molar-refractivity contribution in [3.63, 3.8) is 0 Å². The minimum absolute atomic E-state index is 0.0930. The Morgan fingerprint density at radius 2 is 1.63 bits per heavy atom. The summed E-state index contributed by atoms with van der Waals surface area (Å²) in [5.74, 6) is -0.465. The first-order valence-electron chi connectivity index (χ1n) is 9.55. The van der Waals surface area contributed by atoms with Gasteiger partial charge in [0.05, 0.1) is 6.54 Å². The third kappa shape index (κ3) is 17.3. The third-order valence-electron chi connectivity index (χ3n) is 3.75. The summed E-state index contributed by atoms with van der Waals surface area (Å²) in [6, 6.07) is -0.336. The molecule has 0 aromatic rings. The van der Waals surface area contributed by atoms with E-state index in [1.54, 1.807) is 14.0 Å². The van der Waals surface area contributed by atoms with E-state index >= 15 is 0 Å². The first kappa shape index (κ1) is 27.3. The molecule has 7 nitrogen and oxygen atoms in total. The van der Waals surface area contributed by atoms with Gasteiger partial charge in [-0.2, -0.15) is 0 Å². The van der Waals surface area contributed by atoms with Crippen LogP contribution < -0.4 is 5.32 Å². The average Bonchev–Trinajstić information content (AvgIpc) is 2.59. The highest BCUT2D eigenvalue weighted by Crippen LogP contribution is 2.04. The van der Waals surface area contributed by atoms with E-state index in [0.29, 0.717) is 6.41 Å². The summed E-state index contributed by atoms with van der Waals surface area (Å²) in [6.07, 6.45) is 6.19. The number of nitrogens with one attached hydrogen (secondary N) is 1. The van der Waals surface area contributed by atoms with Crippen LogP contribution in [0.15, 0.2) is 11.6 Å². The Hall–Kier alpha value is -1.89. The summed E-state index contributed by atoms with van der Waals surface area (Å²) in [7, 11) is 3.74. The van der Waals surface area contributed by atoms with E-state index < -0.39 is 5.97 Å². The van der Waals surface area contributed by atoms with Crippen LogP contribution in [0.2, 0.25) is 0 Å². The predicted molar refractivity (Wildman–Crippen MR) is 110 cm³/mol. The van der Waals surface area contributed by atoms with Gasteiger partial charge in [0, 0.05) is 18.7 Å². The second-order valence-electron chi connectivity index (χ2n) is 7.49. The maximum Gasteiger partial charge on any atom is 0.331 e. The van der Waals surface area contributed by atoms with Crippen molar-refractivity contribution in [1.29, 1.82) is 0 Å². The van der Waals surface area contributed by atoms with E-state index in [1.165, 1.54) is 50.3 Å². The Labute approximate surface area is 164 Å². The van der Waals surface area contributed by atoms with E-state index in [4.69, 9.17) is 5.11 Å². The Morgan fingerprint density at radius 1 is 1.15 bits per heavy atom. The van der Waals surface area contributed by atoms with Crippen molar-refractivity contribution < 1.29 is 19.5 Å². The number of carbonyl (C=O) groups excluding carboxylic acids is 2. The fourth-order valence-corrected chi connectivity index (χ4v) is 2.08. The lowest BCUT2D eigenvalue weighted by molar-refractivity contribution is -0.133. The molecule has 2 amide bonds. The van der Waals surface area contributed by atoms with Gasteiger partial charge >= 0.3 is 5.97 Å². The quantitative estimate of drug-likeness (QED) is 0.541. The Morgan fingerprint density at radius 3 is 1.96 bits per heavy atom. The van der Waals surface area contributed by atoms with Crippen LogP contribution in [0, 0.1) is 5.92 Å². The lowest BCUT2D eigenvalue weighted by Crippen LogP contribution is -2.39. The number of hydrogen-bond acceptors (Lipinski definition) is 4. The molecule has 0 unspecified atom stereocenters. The largest absolute Gasteiger partial charge is 0.478 e. The number of carbonyl (C=O) groups is 3. The molecular formula is C20H39N3O4. The molecule has 1 atom stereocenters. The molecule has 1 saturated heterocycles. The van der Waals surface area contributed by atoms with E-state index in [-0.39, 0.29) is 24.1 Å². The van der Waals surface area contributed by atoms with Crippen molar-refractivity contribution in [3.05, 3.63) is 11.6 Å². The Kier molecular flexibility index (Phi) is 16.5. The summed E-state index contributed by atoms with van der Waals surface area (Å²) in [5, 5.41) is 10.9. The molecule has 27 heavy (non-hydrogen) atoms. The van der Waals surface area contributed by atoms with Crippen LogP contribution >= 0.6 is 0 Å².